The molecule has 1 atom stereocenters. The van der Waals surface area contributed by atoms with E-state index in [1.54, 1.807) is 47.6 Å². The predicted octanol–water partition coefficient (Wildman–Crippen LogP) is 2.11. The smallest absolute Gasteiger partial charge is 0.244 e. The van der Waals surface area contributed by atoms with E-state index in [0.717, 1.165) is 11.3 Å². The summed E-state index contributed by atoms with van der Waals surface area (Å²) in [7, 11) is 1.64. The van der Waals surface area contributed by atoms with Gasteiger partial charge < -0.3 is 24.6 Å². The van der Waals surface area contributed by atoms with Crippen LogP contribution < -0.4 is 15.0 Å². The number of aromatic nitrogens is 4. The van der Waals surface area contributed by atoms with Crippen molar-refractivity contribution in [2.75, 3.05) is 51.4 Å². The monoisotopic (exact) mass is 535 g/mol. The van der Waals surface area contributed by atoms with Crippen LogP contribution in [0.5, 0.6) is 5.75 Å². The van der Waals surface area contributed by atoms with Crippen molar-refractivity contribution < 1.29 is 19.1 Å². The Bertz CT molecular complexity index is 1200. The van der Waals surface area contributed by atoms with Crippen molar-refractivity contribution in [1.29, 1.82) is 0 Å². The maximum atomic E-state index is 13.5. The van der Waals surface area contributed by atoms with Crippen LogP contribution in [0.3, 0.4) is 0 Å². The molecule has 2 aromatic heterocycles. The number of carbonyl (C=O) groups excluding carboxylic acids is 2. The van der Waals surface area contributed by atoms with Gasteiger partial charge in [0, 0.05) is 51.8 Å². The molecular weight excluding hydrogens is 498 g/mol. The van der Waals surface area contributed by atoms with Gasteiger partial charge in [0.05, 0.1) is 13.2 Å². The van der Waals surface area contributed by atoms with Crippen LogP contribution in [-0.2, 0) is 20.7 Å². The van der Waals surface area contributed by atoms with E-state index in [1.807, 2.05) is 43.0 Å². The summed E-state index contributed by atoms with van der Waals surface area (Å²) < 4.78 is 12.3. The van der Waals surface area contributed by atoms with Gasteiger partial charge in [-0.3, -0.25) is 14.2 Å². The van der Waals surface area contributed by atoms with Gasteiger partial charge in [-0.15, -0.1) is 0 Å². The second kappa shape index (κ2) is 13.7. The molecule has 1 aliphatic rings. The fourth-order valence-electron chi connectivity index (χ4n) is 4.43. The van der Waals surface area contributed by atoms with Crippen LogP contribution >= 0.6 is 0 Å². The van der Waals surface area contributed by atoms with Crippen LogP contribution in [-0.4, -0.2) is 88.8 Å². The highest BCUT2D eigenvalue weighted by atomic mass is 16.5. The zero-order valence-electron chi connectivity index (χ0n) is 22.8. The lowest BCUT2D eigenvalue weighted by atomic mass is 10.1. The number of rotatable bonds is 12. The van der Waals surface area contributed by atoms with Gasteiger partial charge in [0.1, 0.15) is 30.5 Å². The summed E-state index contributed by atoms with van der Waals surface area (Å²) in [6.45, 7) is 6.87. The third kappa shape index (κ3) is 7.76. The number of carbonyl (C=O) groups is 2. The van der Waals surface area contributed by atoms with Crippen molar-refractivity contribution in [1.82, 2.24) is 29.7 Å². The fraction of sp³-hybridized carbons (Fsp3) is 0.464. The van der Waals surface area contributed by atoms with E-state index in [1.165, 1.54) is 0 Å². The van der Waals surface area contributed by atoms with Gasteiger partial charge in [0.25, 0.3) is 0 Å². The number of piperazine rings is 1. The topological polar surface area (TPSA) is 115 Å². The van der Waals surface area contributed by atoms with Gasteiger partial charge in [-0.2, -0.15) is 4.98 Å². The summed E-state index contributed by atoms with van der Waals surface area (Å²) in [5, 5.41) is 3.07. The molecule has 1 aromatic carbocycles. The van der Waals surface area contributed by atoms with Crippen LogP contribution in [0.25, 0.3) is 5.95 Å². The third-order valence-corrected chi connectivity index (χ3v) is 6.47. The summed E-state index contributed by atoms with van der Waals surface area (Å²) in [6.07, 6.45) is 7.86. The summed E-state index contributed by atoms with van der Waals surface area (Å²) in [5.41, 5.74) is 1.09. The van der Waals surface area contributed by atoms with Gasteiger partial charge >= 0.3 is 0 Å². The van der Waals surface area contributed by atoms with E-state index in [-0.39, 0.29) is 17.7 Å². The molecule has 0 spiro atoms. The molecule has 1 fully saturated rings. The van der Waals surface area contributed by atoms with E-state index in [9.17, 15) is 9.59 Å². The van der Waals surface area contributed by atoms with Crippen molar-refractivity contribution in [3.05, 3.63) is 60.8 Å². The first kappa shape index (κ1) is 28.0. The molecule has 1 aliphatic heterocycles. The summed E-state index contributed by atoms with van der Waals surface area (Å²) in [6, 6.07) is 9.04. The summed E-state index contributed by atoms with van der Waals surface area (Å²) in [5.74, 6) is 2.06. The van der Waals surface area contributed by atoms with E-state index in [4.69, 9.17) is 9.47 Å². The second-order valence-corrected chi connectivity index (χ2v) is 9.86. The number of nitrogens with zero attached hydrogens (tertiary/aromatic N) is 6. The molecule has 11 heteroatoms. The molecule has 1 N–H and O–H groups in total. The Kier molecular flexibility index (Phi) is 9.85. The van der Waals surface area contributed by atoms with Crippen molar-refractivity contribution >= 4 is 17.6 Å². The molecule has 0 radical (unpaired) electrons. The Morgan fingerprint density at radius 1 is 1.10 bits per heavy atom. The Morgan fingerprint density at radius 3 is 2.64 bits per heavy atom. The number of nitrogens with one attached hydrogen (secondary N) is 1. The summed E-state index contributed by atoms with van der Waals surface area (Å²) >= 11 is 0. The number of anilines is 1. The third-order valence-electron chi connectivity index (χ3n) is 6.47. The number of hydrogen-bond acceptors (Lipinski definition) is 8. The maximum Gasteiger partial charge on any atom is 0.244 e. The van der Waals surface area contributed by atoms with Crippen molar-refractivity contribution in [2.45, 2.75) is 32.7 Å². The number of ether oxygens (including phenoxy) is 2. The first-order valence-electron chi connectivity index (χ1n) is 13.3. The number of methoxy groups -OCH3 is 1. The molecule has 1 unspecified atom stereocenters. The highest BCUT2D eigenvalue weighted by Crippen LogP contribution is 2.21. The molecule has 0 bridgehead atoms. The molecule has 39 heavy (non-hydrogen) atoms. The minimum Gasteiger partial charge on any atom is -0.491 e. The average Bonchev–Trinajstić information content (AvgIpc) is 3.49. The first-order chi connectivity index (χ1) is 18.9. The second-order valence-electron chi connectivity index (χ2n) is 9.86. The SMILES string of the molecule is COCCOc1ccc(CCNC(=O)C2CN(C(=O)CC(C)C)CCN2c2ccnc(-n3ccnc3)n2)cc1. The van der Waals surface area contributed by atoms with Gasteiger partial charge in [-0.05, 0) is 36.1 Å². The van der Waals surface area contributed by atoms with Crippen LogP contribution in [0.4, 0.5) is 5.82 Å². The molecule has 3 heterocycles. The highest BCUT2D eigenvalue weighted by Gasteiger charge is 2.35. The quantitative estimate of drug-likeness (QED) is 0.351. The average molecular weight is 536 g/mol. The van der Waals surface area contributed by atoms with E-state index >= 15 is 0 Å². The standard InChI is InChI=1S/C28H37N7O4/c1-21(2)18-26(36)33-14-15-35(25-9-11-31-28(32-25)34-13-12-29-20-34)24(19-33)27(37)30-10-8-22-4-6-23(7-5-22)39-17-16-38-3/h4-7,9,11-13,20-21,24H,8,10,14-19H2,1-3H3,(H,30,37). The van der Waals surface area contributed by atoms with E-state index in [2.05, 4.69) is 20.3 Å². The zero-order chi connectivity index (χ0) is 27.6. The lowest BCUT2D eigenvalue weighted by molar-refractivity contribution is -0.134. The highest BCUT2D eigenvalue weighted by molar-refractivity contribution is 5.87. The van der Waals surface area contributed by atoms with Crippen LogP contribution in [0, 0.1) is 5.92 Å². The number of benzene rings is 1. The maximum absolute atomic E-state index is 13.5. The normalized spacial score (nSPS) is 15.4. The fourth-order valence-corrected chi connectivity index (χ4v) is 4.43. The first-order valence-corrected chi connectivity index (χ1v) is 13.3. The number of amides is 2. The van der Waals surface area contributed by atoms with Gasteiger partial charge in [0.15, 0.2) is 0 Å². The van der Waals surface area contributed by atoms with Crippen molar-refractivity contribution in [2.24, 2.45) is 5.92 Å². The van der Waals surface area contributed by atoms with Gasteiger partial charge in [0.2, 0.25) is 17.8 Å². The van der Waals surface area contributed by atoms with Crippen molar-refractivity contribution in [3.63, 3.8) is 0 Å². The Labute approximate surface area is 229 Å². The Hall–Kier alpha value is -3.99. The van der Waals surface area contributed by atoms with Crippen LogP contribution in [0.15, 0.2) is 55.2 Å². The summed E-state index contributed by atoms with van der Waals surface area (Å²) in [4.78, 5) is 43.2. The molecule has 3 aromatic rings. The molecule has 0 aliphatic carbocycles. The largest absolute Gasteiger partial charge is 0.491 e. The minimum absolute atomic E-state index is 0.0667. The lowest BCUT2D eigenvalue weighted by Crippen LogP contribution is -2.60. The number of imidazole rings is 1. The molecule has 11 nitrogen and oxygen atoms in total. The predicted molar refractivity (Wildman–Crippen MR) is 147 cm³/mol. The van der Waals surface area contributed by atoms with Gasteiger partial charge in [-0.25, -0.2) is 9.97 Å². The van der Waals surface area contributed by atoms with Crippen molar-refractivity contribution in [3.8, 4) is 11.7 Å². The molecular formula is C28H37N7O4. The van der Waals surface area contributed by atoms with Gasteiger partial charge in [-0.1, -0.05) is 26.0 Å². The molecule has 4 rings (SSSR count). The molecule has 0 saturated carbocycles. The Balaban J connectivity index is 1.43. The molecule has 1 saturated heterocycles. The molecule has 2 amide bonds. The van der Waals surface area contributed by atoms with E-state index < -0.39 is 6.04 Å². The van der Waals surface area contributed by atoms with Crippen LogP contribution in [0.2, 0.25) is 0 Å². The van der Waals surface area contributed by atoms with Crippen LogP contribution in [0.1, 0.15) is 25.8 Å². The zero-order valence-corrected chi connectivity index (χ0v) is 22.8. The minimum atomic E-state index is -0.572. The number of hydrogen-bond donors (Lipinski definition) is 1. The molecule has 208 valence electrons. The lowest BCUT2D eigenvalue weighted by Gasteiger charge is -2.41. The Morgan fingerprint density at radius 2 is 1.92 bits per heavy atom. The van der Waals surface area contributed by atoms with E-state index in [0.29, 0.717) is 64.0 Å².